The third-order valence-electron chi connectivity index (χ3n) is 4.90. The van der Waals surface area contributed by atoms with E-state index < -0.39 is 82.1 Å². The molecular weight excluding hydrogens is 493 g/mol. The number of halogens is 7. The summed E-state index contributed by atoms with van der Waals surface area (Å²) in [6.07, 6.45) is -10.4. The lowest BCUT2D eigenvalue weighted by molar-refractivity contribution is -0.143. The number of benzene rings is 2. The lowest BCUT2D eigenvalue weighted by Crippen LogP contribution is -2.36. The molecule has 0 saturated carbocycles. The number of aromatic hydroxyl groups is 1. The number of rotatable bonds is 5. The zero-order chi connectivity index (χ0) is 26.3. The van der Waals surface area contributed by atoms with Gasteiger partial charge in [0.05, 0.1) is 23.2 Å². The summed E-state index contributed by atoms with van der Waals surface area (Å²) in [6.45, 7) is -2.01. The van der Waals surface area contributed by atoms with Crippen molar-refractivity contribution in [2.75, 3.05) is 6.54 Å². The molecule has 0 aliphatic carbocycles. The van der Waals surface area contributed by atoms with Crippen molar-refractivity contribution in [1.82, 2.24) is 9.88 Å². The summed E-state index contributed by atoms with van der Waals surface area (Å²) in [7, 11) is 0. The zero-order valence-corrected chi connectivity index (χ0v) is 17.1. The topological polar surface area (TPSA) is 109 Å². The summed E-state index contributed by atoms with van der Waals surface area (Å²) in [5.41, 5.74) is -6.91. The minimum atomic E-state index is -5.26. The summed E-state index contributed by atoms with van der Waals surface area (Å²) in [4.78, 5) is 36.1. The maximum absolute atomic E-state index is 13.8. The van der Waals surface area contributed by atoms with Crippen molar-refractivity contribution in [2.45, 2.75) is 18.9 Å². The van der Waals surface area contributed by atoms with E-state index in [-0.39, 0.29) is 11.6 Å². The molecule has 0 unspecified atom stereocenters. The van der Waals surface area contributed by atoms with Gasteiger partial charge in [0.25, 0.3) is 11.5 Å². The van der Waals surface area contributed by atoms with Crippen LogP contribution >= 0.6 is 0 Å². The van der Waals surface area contributed by atoms with Gasteiger partial charge in [-0.15, -0.1) is 0 Å². The number of hydrogen-bond acceptors (Lipinski definition) is 4. The molecule has 0 bridgehead atoms. The fourth-order valence-electron chi connectivity index (χ4n) is 3.34. The quantitative estimate of drug-likeness (QED) is 0.457. The largest absolute Gasteiger partial charge is 0.506 e. The average Bonchev–Trinajstić information content (AvgIpc) is 2.74. The van der Waals surface area contributed by atoms with Gasteiger partial charge in [0.15, 0.2) is 0 Å². The molecule has 0 radical (unpaired) electrons. The predicted molar refractivity (Wildman–Crippen MR) is 105 cm³/mol. The van der Waals surface area contributed by atoms with Gasteiger partial charge < -0.3 is 20.1 Å². The predicted octanol–water partition coefficient (Wildman–Crippen LogP) is 3.75. The number of carbonyl (C=O) groups excluding carboxylic acids is 1. The molecule has 3 N–H and O–H groups in total. The molecule has 35 heavy (non-hydrogen) atoms. The van der Waals surface area contributed by atoms with Gasteiger partial charge in [0.1, 0.15) is 23.7 Å². The molecule has 0 spiro atoms. The Kier molecular flexibility index (Phi) is 6.51. The van der Waals surface area contributed by atoms with Crippen LogP contribution in [0.2, 0.25) is 0 Å². The number of alkyl halides is 6. The fraction of sp³-hybridized carbons (Fsp3) is 0.190. The number of nitrogens with one attached hydrogen (secondary N) is 1. The lowest BCUT2D eigenvalue weighted by atomic mass is 10.0. The Hall–Kier alpha value is -4.10. The highest BCUT2D eigenvalue weighted by atomic mass is 19.4. The molecular formula is C21H13F7N2O5. The second kappa shape index (κ2) is 8.92. The number of carbonyl (C=O) groups is 2. The van der Waals surface area contributed by atoms with Crippen LogP contribution in [-0.2, 0) is 23.7 Å². The molecule has 1 heterocycles. The van der Waals surface area contributed by atoms with Crippen LogP contribution in [0, 0.1) is 5.82 Å². The Balaban J connectivity index is 2.28. The number of fused-ring (bicyclic) bond motifs is 1. The second-order valence-corrected chi connectivity index (χ2v) is 7.22. The van der Waals surface area contributed by atoms with Gasteiger partial charge in [-0.25, -0.2) is 4.39 Å². The van der Waals surface area contributed by atoms with E-state index in [1.165, 1.54) is 0 Å². The molecule has 7 nitrogen and oxygen atoms in total. The molecule has 0 aliphatic rings. The van der Waals surface area contributed by atoms with Crippen molar-refractivity contribution in [3.05, 3.63) is 74.8 Å². The van der Waals surface area contributed by atoms with E-state index in [0.717, 1.165) is 12.1 Å². The van der Waals surface area contributed by atoms with Crippen molar-refractivity contribution in [1.29, 1.82) is 0 Å². The Labute approximate surface area is 190 Å². The summed E-state index contributed by atoms with van der Waals surface area (Å²) >= 11 is 0. The number of amides is 1. The first-order valence-corrected chi connectivity index (χ1v) is 9.43. The molecule has 3 aromatic rings. The van der Waals surface area contributed by atoms with Crippen LogP contribution in [0.25, 0.3) is 10.9 Å². The summed E-state index contributed by atoms with van der Waals surface area (Å²) in [6, 6.07) is 3.14. The molecule has 14 heteroatoms. The minimum absolute atomic E-state index is 0.136. The standard InChI is InChI=1S/C21H13F7N2O5/c22-11-3-4-14-12(6-11)17(33)16(18(34)29-7-15(31)32)19(35)30(14)8-9-1-2-10(20(23,24)25)5-13(9)21(26,27)28/h1-6,33H,7-8H2,(H,29,34)(H,31,32). The Morgan fingerprint density at radius 1 is 0.971 bits per heavy atom. The molecule has 1 amide bonds. The average molecular weight is 506 g/mol. The van der Waals surface area contributed by atoms with Crippen molar-refractivity contribution < 1.29 is 50.5 Å². The summed E-state index contributed by atoms with van der Waals surface area (Å²) in [5.74, 6) is -4.96. The van der Waals surface area contributed by atoms with E-state index in [2.05, 4.69) is 0 Å². The van der Waals surface area contributed by atoms with Crippen molar-refractivity contribution in [3.8, 4) is 5.75 Å². The van der Waals surface area contributed by atoms with Crippen molar-refractivity contribution in [2.24, 2.45) is 0 Å². The number of hydrogen-bond donors (Lipinski definition) is 3. The first-order valence-electron chi connectivity index (χ1n) is 9.43. The van der Waals surface area contributed by atoms with Crippen LogP contribution in [-0.4, -0.2) is 33.2 Å². The highest BCUT2D eigenvalue weighted by Gasteiger charge is 2.38. The lowest BCUT2D eigenvalue weighted by Gasteiger charge is -2.19. The molecule has 0 aliphatic heterocycles. The molecule has 3 rings (SSSR count). The number of aliphatic carboxylic acids is 1. The van der Waals surface area contributed by atoms with Gasteiger partial charge in [-0.05, 0) is 35.9 Å². The normalized spacial score (nSPS) is 12.1. The highest BCUT2D eigenvalue weighted by molar-refractivity contribution is 6.03. The zero-order valence-electron chi connectivity index (χ0n) is 17.1. The Morgan fingerprint density at radius 2 is 1.63 bits per heavy atom. The number of carboxylic acid groups (broad SMARTS) is 1. The number of aromatic nitrogens is 1. The van der Waals surface area contributed by atoms with Crippen LogP contribution in [0.4, 0.5) is 30.7 Å². The van der Waals surface area contributed by atoms with Gasteiger partial charge in [-0.3, -0.25) is 14.4 Å². The molecule has 0 atom stereocenters. The SMILES string of the molecule is O=C(O)CNC(=O)c1c(O)c2cc(F)ccc2n(Cc2ccc(C(F)(F)F)cc2C(F)(F)F)c1=O. The Bertz CT molecular complexity index is 1390. The fourth-order valence-corrected chi connectivity index (χ4v) is 3.34. The number of pyridine rings is 1. The number of nitrogens with zero attached hydrogens (tertiary/aromatic N) is 1. The third kappa shape index (κ3) is 5.20. The molecule has 2 aromatic carbocycles. The minimum Gasteiger partial charge on any atom is -0.506 e. The first-order chi connectivity index (χ1) is 16.1. The van der Waals surface area contributed by atoms with E-state index in [1.54, 1.807) is 5.32 Å². The smallest absolute Gasteiger partial charge is 0.416 e. The van der Waals surface area contributed by atoms with E-state index in [1.807, 2.05) is 0 Å². The first kappa shape index (κ1) is 25.5. The third-order valence-corrected chi connectivity index (χ3v) is 4.90. The van der Waals surface area contributed by atoms with E-state index in [4.69, 9.17) is 5.11 Å². The monoisotopic (exact) mass is 506 g/mol. The van der Waals surface area contributed by atoms with Gasteiger partial charge in [0, 0.05) is 5.39 Å². The molecule has 1 aromatic heterocycles. The van der Waals surface area contributed by atoms with E-state index in [9.17, 15) is 50.2 Å². The van der Waals surface area contributed by atoms with Gasteiger partial charge in [-0.1, -0.05) is 6.07 Å². The van der Waals surface area contributed by atoms with Crippen LogP contribution in [0.15, 0.2) is 41.2 Å². The van der Waals surface area contributed by atoms with Gasteiger partial charge >= 0.3 is 18.3 Å². The van der Waals surface area contributed by atoms with Gasteiger partial charge in [-0.2, -0.15) is 26.3 Å². The number of carboxylic acids is 1. The Morgan fingerprint density at radius 3 is 2.20 bits per heavy atom. The van der Waals surface area contributed by atoms with E-state index in [0.29, 0.717) is 22.8 Å². The van der Waals surface area contributed by atoms with Gasteiger partial charge in [0.2, 0.25) is 0 Å². The molecule has 0 fully saturated rings. The van der Waals surface area contributed by atoms with Crippen LogP contribution in [0.5, 0.6) is 5.75 Å². The molecule has 0 saturated heterocycles. The maximum atomic E-state index is 13.8. The maximum Gasteiger partial charge on any atom is 0.416 e. The summed E-state index contributed by atoms with van der Waals surface area (Å²) in [5, 5.41) is 20.4. The van der Waals surface area contributed by atoms with Crippen LogP contribution in [0.3, 0.4) is 0 Å². The van der Waals surface area contributed by atoms with Crippen LogP contribution in [0.1, 0.15) is 27.0 Å². The van der Waals surface area contributed by atoms with Crippen LogP contribution < -0.4 is 10.9 Å². The summed E-state index contributed by atoms with van der Waals surface area (Å²) < 4.78 is 94.0. The van der Waals surface area contributed by atoms with Crippen molar-refractivity contribution in [3.63, 3.8) is 0 Å². The van der Waals surface area contributed by atoms with E-state index >= 15 is 0 Å². The second-order valence-electron chi connectivity index (χ2n) is 7.22. The highest BCUT2D eigenvalue weighted by Crippen LogP contribution is 2.38. The van der Waals surface area contributed by atoms with Crippen molar-refractivity contribution >= 4 is 22.8 Å². The molecule has 186 valence electrons.